The monoisotopic (exact) mass is 325 g/mol. The number of benzene rings is 2. The van der Waals surface area contributed by atoms with Crippen molar-refractivity contribution in [1.82, 2.24) is 4.90 Å². The van der Waals surface area contributed by atoms with Crippen molar-refractivity contribution >= 4 is 5.91 Å². The number of hydrogen-bond acceptors (Lipinski definition) is 3. The summed E-state index contributed by atoms with van der Waals surface area (Å²) in [5, 5.41) is 0. The molecule has 126 valence electrons. The average Bonchev–Trinajstić information content (AvgIpc) is 2.72. The lowest BCUT2D eigenvalue weighted by molar-refractivity contribution is -0.134. The predicted molar refractivity (Wildman–Crippen MR) is 93.4 cm³/mol. The highest BCUT2D eigenvalue weighted by atomic mass is 16.5. The Labute approximate surface area is 143 Å². The second-order valence-electron chi connectivity index (χ2n) is 6.26. The summed E-state index contributed by atoms with van der Waals surface area (Å²) in [4.78, 5) is 14.6. The number of hydrogen-bond donors (Lipinski definition) is 0. The van der Waals surface area contributed by atoms with Gasteiger partial charge in [-0.05, 0) is 41.7 Å². The molecule has 0 radical (unpaired) electrons. The standard InChI is InChI=1S/C20H23NO3/c1-21-13-17-12-19(24-3)18(23-2)11-15(17)10-16(20(21)22)9-14-7-5-4-6-8-14/h4-8,11-12,16H,9-10,13H2,1-3H3. The molecule has 1 unspecified atom stereocenters. The van der Waals surface area contributed by atoms with E-state index in [0.29, 0.717) is 24.5 Å². The summed E-state index contributed by atoms with van der Waals surface area (Å²) in [6.07, 6.45) is 1.46. The number of nitrogens with zero attached hydrogens (tertiary/aromatic N) is 1. The summed E-state index contributed by atoms with van der Waals surface area (Å²) >= 11 is 0. The van der Waals surface area contributed by atoms with Crippen LogP contribution in [0.15, 0.2) is 42.5 Å². The zero-order valence-electron chi connectivity index (χ0n) is 14.4. The van der Waals surface area contributed by atoms with Crippen LogP contribution in [-0.4, -0.2) is 32.1 Å². The largest absolute Gasteiger partial charge is 0.493 e. The normalized spacial score (nSPS) is 17.2. The molecule has 0 N–H and O–H groups in total. The van der Waals surface area contributed by atoms with E-state index in [0.717, 1.165) is 17.5 Å². The first-order valence-electron chi connectivity index (χ1n) is 8.15. The van der Waals surface area contributed by atoms with Crippen molar-refractivity contribution in [3.8, 4) is 11.5 Å². The lowest BCUT2D eigenvalue weighted by Crippen LogP contribution is -2.32. The second-order valence-corrected chi connectivity index (χ2v) is 6.26. The van der Waals surface area contributed by atoms with Crippen LogP contribution in [0.4, 0.5) is 0 Å². The lowest BCUT2D eigenvalue weighted by Gasteiger charge is -2.20. The number of ether oxygens (including phenoxy) is 2. The number of carbonyl (C=O) groups is 1. The van der Waals surface area contributed by atoms with Gasteiger partial charge in [0.1, 0.15) is 0 Å². The first kappa shape index (κ1) is 16.4. The molecule has 0 aliphatic carbocycles. The van der Waals surface area contributed by atoms with Gasteiger partial charge in [-0.25, -0.2) is 0 Å². The van der Waals surface area contributed by atoms with Gasteiger partial charge in [0.05, 0.1) is 14.2 Å². The molecule has 0 saturated heterocycles. The van der Waals surface area contributed by atoms with Crippen LogP contribution < -0.4 is 9.47 Å². The number of amides is 1. The Morgan fingerprint density at radius 1 is 1.04 bits per heavy atom. The smallest absolute Gasteiger partial charge is 0.226 e. The Kier molecular flexibility index (Phi) is 4.74. The maximum Gasteiger partial charge on any atom is 0.226 e. The van der Waals surface area contributed by atoms with E-state index in [1.807, 2.05) is 42.3 Å². The third kappa shape index (κ3) is 3.23. The Morgan fingerprint density at radius 3 is 2.29 bits per heavy atom. The van der Waals surface area contributed by atoms with Crippen molar-refractivity contribution < 1.29 is 14.3 Å². The summed E-state index contributed by atoms with van der Waals surface area (Å²) in [5.41, 5.74) is 3.47. The number of methoxy groups -OCH3 is 2. The summed E-state index contributed by atoms with van der Waals surface area (Å²) in [5.74, 6) is 1.55. The zero-order chi connectivity index (χ0) is 17.1. The second kappa shape index (κ2) is 6.95. The maximum atomic E-state index is 12.8. The zero-order valence-corrected chi connectivity index (χ0v) is 14.4. The van der Waals surface area contributed by atoms with Gasteiger partial charge < -0.3 is 14.4 Å². The van der Waals surface area contributed by atoms with Crippen LogP contribution >= 0.6 is 0 Å². The molecule has 24 heavy (non-hydrogen) atoms. The van der Waals surface area contributed by atoms with Crippen molar-refractivity contribution in [2.24, 2.45) is 5.92 Å². The van der Waals surface area contributed by atoms with Gasteiger partial charge in [-0.2, -0.15) is 0 Å². The van der Waals surface area contributed by atoms with Crippen molar-refractivity contribution in [3.63, 3.8) is 0 Å². The topological polar surface area (TPSA) is 38.8 Å². The molecule has 0 aromatic heterocycles. The first-order chi connectivity index (χ1) is 11.6. The van der Waals surface area contributed by atoms with E-state index in [-0.39, 0.29) is 11.8 Å². The molecular formula is C20H23NO3. The highest BCUT2D eigenvalue weighted by molar-refractivity contribution is 5.80. The molecule has 1 amide bonds. The summed E-state index contributed by atoms with van der Waals surface area (Å²) in [6, 6.07) is 14.2. The Bertz CT molecular complexity index is 727. The lowest BCUT2D eigenvalue weighted by atomic mass is 9.91. The maximum absolute atomic E-state index is 12.8. The van der Waals surface area contributed by atoms with Crippen LogP contribution in [0.1, 0.15) is 16.7 Å². The quantitative estimate of drug-likeness (QED) is 0.867. The highest BCUT2D eigenvalue weighted by Gasteiger charge is 2.28. The Morgan fingerprint density at radius 2 is 1.67 bits per heavy atom. The molecule has 4 nitrogen and oxygen atoms in total. The van der Waals surface area contributed by atoms with Crippen molar-refractivity contribution in [2.75, 3.05) is 21.3 Å². The fraction of sp³-hybridized carbons (Fsp3) is 0.350. The van der Waals surface area contributed by atoms with E-state index in [2.05, 4.69) is 12.1 Å². The molecule has 2 aromatic carbocycles. The van der Waals surface area contributed by atoms with Gasteiger partial charge in [0.15, 0.2) is 11.5 Å². The molecule has 4 heteroatoms. The molecule has 3 rings (SSSR count). The number of rotatable bonds is 4. The fourth-order valence-electron chi connectivity index (χ4n) is 3.36. The van der Waals surface area contributed by atoms with Crippen LogP contribution in [0.3, 0.4) is 0 Å². The van der Waals surface area contributed by atoms with Gasteiger partial charge in [-0.3, -0.25) is 4.79 Å². The number of fused-ring (bicyclic) bond motifs is 1. The van der Waals surface area contributed by atoms with Crippen LogP contribution in [0, 0.1) is 5.92 Å². The summed E-state index contributed by atoms with van der Waals surface area (Å²) in [6.45, 7) is 0.597. The summed E-state index contributed by atoms with van der Waals surface area (Å²) in [7, 11) is 5.14. The molecule has 0 saturated carbocycles. The third-order valence-corrected chi connectivity index (χ3v) is 4.63. The minimum Gasteiger partial charge on any atom is -0.493 e. The van der Waals surface area contributed by atoms with Gasteiger partial charge in [-0.1, -0.05) is 30.3 Å². The SMILES string of the molecule is COc1cc2c(cc1OC)CN(C)C(=O)C(Cc1ccccc1)C2. The molecule has 0 spiro atoms. The van der Waals surface area contributed by atoms with E-state index in [4.69, 9.17) is 9.47 Å². The number of carbonyl (C=O) groups excluding carboxylic acids is 1. The average molecular weight is 325 g/mol. The molecule has 0 bridgehead atoms. The molecule has 1 atom stereocenters. The minimum atomic E-state index is -0.0586. The van der Waals surface area contributed by atoms with Crippen LogP contribution in [0.5, 0.6) is 11.5 Å². The molecule has 1 heterocycles. The van der Waals surface area contributed by atoms with Crippen LogP contribution in [-0.2, 0) is 24.2 Å². The molecule has 2 aromatic rings. The Hall–Kier alpha value is -2.49. The van der Waals surface area contributed by atoms with Gasteiger partial charge in [-0.15, -0.1) is 0 Å². The van der Waals surface area contributed by atoms with E-state index in [1.54, 1.807) is 14.2 Å². The third-order valence-electron chi connectivity index (χ3n) is 4.63. The highest BCUT2D eigenvalue weighted by Crippen LogP contribution is 2.34. The first-order valence-corrected chi connectivity index (χ1v) is 8.15. The van der Waals surface area contributed by atoms with E-state index in [9.17, 15) is 4.79 Å². The van der Waals surface area contributed by atoms with Crippen molar-refractivity contribution in [1.29, 1.82) is 0 Å². The molecular weight excluding hydrogens is 302 g/mol. The van der Waals surface area contributed by atoms with Gasteiger partial charge >= 0.3 is 0 Å². The van der Waals surface area contributed by atoms with E-state index in [1.165, 1.54) is 5.56 Å². The van der Waals surface area contributed by atoms with Gasteiger partial charge in [0, 0.05) is 19.5 Å². The molecule has 1 aliphatic heterocycles. The summed E-state index contributed by atoms with van der Waals surface area (Å²) < 4.78 is 10.8. The fourth-order valence-corrected chi connectivity index (χ4v) is 3.36. The van der Waals surface area contributed by atoms with Crippen LogP contribution in [0.25, 0.3) is 0 Å². The minimum absolute atomic E-state index is 0.0586. The predicted octanol–water partition coefficient (Wildman–Crippen LogP) is 3.08. The van der Waals surface area contributed by atoms with E-state index >= 15 is 0 Å². The van der Waals surface area contributed by atoms with Crippen LogP contribution in [0.2, 0.25) is 0 Å². The molecule has 0 fully saturated rings. The van der Waals surface area contributed by atoms with Gasteiger partial charge in [0.2, 0.25) is 5.91 Å². The van der Waals surface area contributed by atoms with Gasteiger partial charge in [0.25, 0.3) is 0 Å². The van der Waals surface area contributed by atoms with Crippen molar-refractivity contribution in [3.05, 3.63) is 59.2 Å². The Balaban J connectivity index is 1.95. The van der Waals surface area contributed by atoms with E-state index < -0.39 is 0 Å². The van der Waals surface area contributed by atoms with Crippen molar-refractivity contribution in [2.45, 2.75) is 19.4 Å². The molecule has 1 aliphatic rings.